The van der Waals surface area contributed by atoms with E-state index < -0.39 is 0 Å². The number of carbonyl (C=O) groups excluding carboxylic acids is 1. The average Bonchev–Trinajstić information content (AvgIpc) is 3.03. The quantitative estimate of drug-likeness (QED) is 0.723. The van der Waals surface area contributed by atoms with Gasteiger partial charge in [0.15, 0.2) is 0 Å². The maximum absolute atomic E-state index is 12.0. The van der Waals surface area contributed by atoms with Gasteiger partial charge in [-0.05, 0) is 69.6 Å². The minimum absolute atomic E-state index is 0.0264. The molecule has 1 aromatic rings. The number of hydrogen-bond donors (Lipinski definition) is 2. The third-order valence-corrected chi connectivity index (χ3v) is 3.86. The molecule has 21 heavy (non-hydrogen) atoms. The van der Waals surface area contributed by atoms with E-state index in [1.54, 1.807) is 0 Å². The number of likely N-dealkylation sites (tertiary alicyclic amines) is 1. The molecule has 1 aromatic carbocycles. The summed E-state index contributed by atoms with van der Waals surface area (Å²) in [6.07, 6.45) is 4.77. The Labute approximate surface area is 127 Å². The summed E-state index contributed by atoms with van der Waals surface area (Å²) in [5.74, 6) is 0.0264. The second-order valence-corrected chi connectivity index (χ2v) is 5.66. The summed E-state index contributed by atoms with van der Waals surface area (Å²) in [5, 5.41) is 6.31. The van der Waals surface area contributed by atoms with E-state index in [0.717, 1.165) is 43.7 Å². The van der Waals surface area contributed by atoms with Crippen molar-refractivity contribution in [1.82, 2.24) is 10.2 Å². The minimum Gasteiger partial charge on any atom is -0.385 e. The normalized spacial score (nSPS) is 15.1. The van der Waals surface area contributed by atoms with Gasteiger partial charge < -0.3 is 15.5 Å². The largest absolute Gasteiger partial charge is 0.385 e. The lowest BCUT2D eigenvalue weighted by Gasteiger charge is -2.14. The van der Waals surface area contributed by atoms with Crippen LogP contribution in [0.25, 0.3) is 0 Å². The topological polar surface area (TPSA) is 44.4 Å². The molecule has 0 bridgehead atoms. The molecule has 0 aliphatic carbocycles. The van der Waals surface area contributed by atoms with Crippen LogP contribution < -0.4 is 10.6 Å². The van der Waals surface area contributed by atoms with Crippen molar-refractivity contribution in [2.45, 2.75) is 32.6 Å². The molecule has 0 unspecified atom stereocenters. The molecule has 1 amide bonds. The van der Waals surface area contributed by atoms with Crippen LogP contribution in [0.4, 0.5) is 5.69 Å². The van der Waals surface area contributed by atoms with Crippen molar-refractivity contribution in [3.05, 3.63) is 29.8 Å². The first-order valence-corrected chi connectivity index (χ1v) is 8.14. The van der Waals surface area contributed by atoms with Gasteiger partial charge in [0, 0.05) is 24.3 Å². The van der Waals surface area contributed by atoms with E-state index in [0.29, 0.717) is 0 Å². The maximum atomic E-state index is 12.0. The molecule has 116 valence electrons. The summed E-state index contributed by atoms with van der Waals surface area (Å²) in [7, 11) is 0. The number of nitrogens with zero attached hydrogens (tertiary/aromatic N) is 1. The molecule has 0 radical (unpaired) electrons. The van der Waals surface area contributed by atoms with Crippen molar-refractivity contribution < 1.29 is 4.79 Å². The van der Waals surface area contributed by atoms with Crippen LogP contribution >= 0.6 is 0 Å². The molecule has 0 aromatic heterocycles. The van der Waals surface area contributed by atoms with Gasteiger partial charge in [0.2, 0.25) is 0 Å². The van der Waals surface area contributed by atoms with Gasteiger partial charge in [0.05, 0.1) is 0 Å². The van der Waals surface area contributed by atoms with Gasteiger partial charge in [-0.15, -0.1) is 0 Å². The smallest absolute Gasteiger partial charge is 0.251 e. The molecule has 4 heteroatoms. The number of benzene rings is 1. The molecule has 1 fully saturated rings. The van der Waals surface area contributed by atoms with E-state index in [9.17, 15) is 4.79 Å². The number of hydrogen-bond acceptors (Lipinski definition) is 3. The van der Waals surface area contributed by atoms with Crippen LogP contribution in [0.1, 0.15) is 43.0 Å². The minimum atomic E-state index is 0.0264. The Balaban J connectivity index is 1.67. The highest BCUT2D eigenvalue weighted by Gasteiger charge is 2.10. The van der Waals surface area contributed by atoms with Crippen molar-refractivity contribution in [3.63, 3.8) is 0 Å². The SMILES string of the molecule is CCCNc1ccc(C(=O)NCCCN2CCCC2)cc1. The zero-order valence-corrected chi connectivity index (χ0v) is 13.0. The number of rotatable bonds is 8. The monoisotopic (exact) mass is 289 g/mol. The van der Waals surface area contributed by atoms with Crippen LogP contribution in [0, 0.1) is 0 Å². The van der Waals surface area contributed by atoms with Crippen LogP contribution in [-0.4, -0.2) is 43.5 Å². The van der Waals surface area contributed by atoms with Gasteiger partial charge in [-0.1, -0.05) is 6.92 Å². The Morgan fingerprint density at radius 3 is 2.52 bits per heavy atom. The van der Waals surface area contributed by atoms with Gasteiger partial charge in [-0.3, -0.25) is 4.79 Å². The van der Waals surface area contributed by atoms with E-state index in [1.807, 2.05) is 24.3 Å². The Morgan fingerprint density at radius 1 is 1.14 bits per heavy atom. The lowest BCUT2D eigenvalue weighted by atomic mass is 10.2. The average molecular weight is 289 g/mol. The molecule has 4 nitrogen and oxygen atoms in total. The van der Waals surface area contributed by atoms with Crippen LogP contribution in [-0.2, 0) is 0 Å². The Morgan fingerprint density at radius 2 is 1.86 bits per heavy atom. The standard InChI is InChI=1S/C17H27N3O/c1-2-10-18-16-8-6-15(7-9-16)17(21)19-11-5-14-20-12-3-4-13-20/h6-9,18H,2-5,10-14H2,1H3,(H,19,21). The fraction of sp³-hybridized carbons (Fsp3) is 0.588. The Bertz CT molecular complexity index is 424. The second-order valence-electron chi connectivity index (χ2n) is 5.66. The molecular weight excluding hydrogens is 262 g/mol. The molecule has 1 heterocycles. The molecule has 1 saturated heterocycles. The van der Waals surface area contributed by atoms with E-state index in [-0.39, 0.29) is 5.91 Å². The molecule has 0 atom stereocenters. The van der Waals surface area contributed by atoms with E-state index >= 15 is 0 Å². The highest BCUT2D eigenvalue weighted by molar-refractivity contribution is 5.94. The van der Waals surface area contributed by atoms with Gasteiger partial charge in [0.1, 0.15) is 0 Å². The lowest BCUT2D eigenvalue weighted by molar-refractivity contribution is 0.0952. The third-order valence-electron chi connectivity index (χ3n) is 3.86. The first-order chi connectivity index (χ1) is 10.3. The second kappa shape index (κ2) is 8.67. The number of nitrogens with one attached hydrogen (secondary N) is 2. The van der Waals surface area contributed by atoms with Crippen molar-refractivity contribution in [1.29, 1.82) is 0 Å². The van der Waals surface area contributed by atoms with Gasteiger partial charge in [0.25, 0.3) is 5.91 Å². The first-order valence-electron chi connectivity index (χ1n) is 8.14. The Kier molecular flexibility index (Phi) is 6.54. The van der Waals surface area contributed by atoms with E-state index in [4.69, 9.17) is 0 Å². The highest BCUT2D eigenvalue weighted by Crippen LogP contribution is 2.10. The summed E-state index contributed by atoms with van der Waals surface area (Å²) in [4.78, 5) is 14.5. The molecule has 2 N–H and O–H groups in total. The summed E-state index contributed by atoms with van der Waals surface area (Å²) >= 11 is 0. The van der Waals surface area contributed by atoms with Crippen LogP contribution in [0.2, 0.25) is 0 Å². The third kappa shape index (κ3) is 5.38. The zero-order valence-electron chi connectivity index (χ0n) is 13.0. The maximum Gasteiger partial charge on any atom is 0.251 e. The van der Waals surface area contributed by atoms with Gasteiger partial charge >= 0.3 is 0 Å². The lowest BCUT2D eigenvalue weighted by Crippen LogP contribution is -2.28. The van der Waals surface area contributed by atoms with Gasteiger partial charge in [-0.2, -0.15) is 0 Å². The number of anilines is 1. The molecule has 1 aliphatic heterocycles. The van der Waals surface area contributed by atoms with Crippen molar-refractivity contribution >= 4 is 11.6 Å². The zero-order chi connectivity index (χ0) is 14.9. The molecular formula is C17H27N3O. The molecule has 0 saturated carbocycles. The molecule has 0 spiro atoms. The van der Waals surface area contributed by atoms with Crippen molar-refractivity contribution in [2.24, 2.45) is 0 Å². The fourth-order valence-corrected chi connectivity index (χ4v) is 2.62. The summed E-state index contributed by atoms with van der Waals surface area (Å²) < 4.78 is 0. The summed E-state index contributed by atoms with van der Waals surface area (Å²) in [6, 6.07) is 7.70. The van der Waals surface area contributed by atoms with Crippen molar-refractivity contribution in [2.75, 3.05) is 38.0 Å². The van der Waals surface area contributed by atoms with Gasteiger partial charge in [-0.25, -0.2) is 0 Å². The predicted molar refractivity (Wildman–Crippen MR) is 87.8 cm³/mol. The number of carbonyl (C=O) groups is 1. The molecule has 2 rings (SSSR count). The first kappa shape index (κ1) is 15.8. The Hall–Kier alpha value is -1.55. The molecule has 1 aliphatic rings. The van der Waals surface area contributed by atoms with E-state index in [2.05, 4.69) is 22.5 Å². The predicted octanol–water partition coefficient (Wildman–Crippen LogP) is 2.72. The van der Waals surface area contributed by atoms with Crippen LogP contribution in [0.15, 0.2) is 24.3 Å². The summed E-state index contributed by atoms with van der Waals surface area (Å²) in [6.45, 7) is 7.39. The summed E-state index contributed by atoms with van der Waals surface area (Å²) in [5.41, 5.74) is 1.81. The van der Waals surface area contributed by atoms with Crippen molar-refractivity contribution in [3.8, 4) is 0 Å². The van der Waals surface area contributed by atoms with Crippen LogP contribution in [0.5, 0.6) is 0 Å². The highest BCUT2D eigenvalue weighted by atomic mass is 16.1. The fourth-order valence-electron chi connectivity index (χ4n) is 2.62. The van der Waals surface area contributed by atoms with E-state index in [1.165, 1.54) is 25.9 Å². The van der Waals surface area contributed by atoms with Crippen LogP contribution in [0.3, 0.4) is 0 Å². The number of amides is 1.